The number of hydrogen-bond acceptors (Lipinski definition) is 0. The Balaban J connectivity index is 1.24. The van der Waals surface area contributed by atoms with Crippen molar-refractivity contribution < 1.29 is 0 Å². The molecule has 0 fully saturated rings. The number of fused-ring (bicyclic) bond motifs is 5. The lowest BCUT2D eigenvalue weighted by molar-refractivity contribution is 1.60. The van der Waals surface area contributed by atoms with Crippen molar-refractivity contribution in [2.24, 2.45) is 0 Å². The zero-order valence-electron chi connectivity index (χ0n) is 31.8. The van der Waals surface area contributed by atoms with E-state index < -0.39 is 0 Å². The molecule has 0 saturated carbocycles. The standard InChI is InChI=1S/C58H36/c1-4-18-37(19-5-1)40-24-10-11-25-41(40)43-34-35-51-55-45(43)30-16-31-47(55)49-32-17-33-50-56(46-28-14-15-29-48(46)58(51)57(49)50)53-36-52(38-20-6-2-7-21-38)42-26-12-13-27-44(42)54(53)39-22-8-3-9-23-39/h1-36H. The van der Waals surface area contributed by atoms with Gasteiger partial charge in [0, 0.05) is 0 Å². The molecule has 0 aliphatic heterocycles. The lowest BCUT2D eigenvalue weighted by atomic mass is 9.79. The molecule has 0 saturated heterocycles. The van der Waals surface area contributed by atoms with E-state index in [1.807, 2.05) is 0 Å². The van der Waals surface area contributed by atoms with Crippen LogP contribution in [0.25, 0.3) is 120 Å². The summed E-state index contributed by atoms with van der Waals surface area (Å²) in [5.74, 6) is 0. The first-order valence-electron chi connectivity index (χ1n) is 20.2. The third-order valence-corrected chi connectivity index (χ3v) is 12.4. The van der Waals surface area contributed by atoms with Crippen LogP contribution >= 0.6 is 0 Å². The molecule has 0 radical (unpaired) electrons. The number of hydrogen-bond donors (Lipinski definition) is 0. The number of rotatable bonds is 5. The Kier molecular flexibility index (Phi) is 7.33. The molecule has 12 aromatic rings. The molecular weight excluding hydrogens is 697 g/mol. The maximum Gasteiger partial charge on any atom is -0.00137 e. The van der Waals surface area contributed by atoms with Gasteiger partial charge < -0.3 is 0 Å². The minimum Gasteiger partial charge on any atom is -0.0622 e. The van der Waals surface area contributed by atoms with Crippen molar-refractivity contribution in [2.75, 3.05) is 0 Å². The normalized spacial score (nSPS) is 11.8. The molecule has 0 amide bonds. The van der Waals surface area contributed by atoms with Crippen LogP contribution in [0.3, 0.4) is 0 Å². The Morgan fingerprint density at radius 1 is 0.172 bits per heavy atom. The summed E-state index contributed by atoms with van der Waals surface area (Å²) < 4.78 is 0. The quantitative estimate of drug-likeness (QED) is 0.122. The van der Waals surface area contributed by atoms with Gasteiger partial charge in [0.25, 0.3) is 0 Å². The molecule has 12 aromatic carbocycles. The van der Waals surface area contributed by atoms with E-state index in [1.54, 1.807) is 0 Å². The average molecular weight is 733 g/mol. The van der Waals surface area contributed by atoms with Gasteiger partial charge in [-0.3, -0.25) is 0 Å². The predicted molar refractivity (Wildman–Crippen MR) is 250 cm³/mol. The van der Waals surface area contributed by atoms with Crippen LogP contribution in [0.4, 0.5) is 0 Å². The van der Waals surface area contributed by atoms with Gasteiger partial charge in [0.2, 0.25) is 0 Å². The van der Waals surface area contributed by atoms with E-state index in [0.717, 1.165) is 0 Å². The van der Waals surface area contributed by atoms with Gasteiger partial charge in [-0.05, 0) is 126 Å². The smallest absolute Gasteiger partial charge is 0.00137 e. The summed E-state index contributed by atoms with van der Waals surface area (Å²) >= 11 is 0. The SMILES string of the molecule is c1ccc(-c2ccccc2-c2ccc3c4c2cccc4c2cccc4c(-c5cc(-c6ccccc6)c6ccccc6c5-c5ccccc5)c5ccccc5c3c42)cc1. The second kappa shape index (κ2) is 13.0. The van der Waals surface area contributed by atoms with Crippen molar-refractivity contribution in [2.45, 2.75) is 0 Å². The molecule has 12 rings (SSSR count). The third kappa shape index (κ3) is 4.82. The molecule has 0 aliphatic carbocycles. The van der Waals surface area contributed by atoms with E-state index in [0.29, 0.717) is 0 Å². The van der Waals surface area contributed by atoms with Crippen LogP contribution in [0.1, 0.15) is 0 Å². The maximum absolute atomic E-state index is 2.48. The van der Waals surface area contributed by atoms with Gasteiger partial charge in [-0.25, -0.2) is 0 Å². The van der Waals surface area contributed by atoms with E-state index in [-0.39, 0.29) is 0 Å². The van der Waals surface area contributed by atoms with Gasteiger partial charge in [-0.1, -0.05) is 212 Å². The molecule has 0 spiro atoms. The number of benzene rings is 12. The summed E-state index contributed by atoms with van der Waals surface area (Å²) in [6.45, 7) is 0. The molecule has 0 unspecified atom stereocenters. The van der Waals surface area contributed by atoms with Gasteiger partial charge in [0.1, 0.15) is 0 Å². The van der Waals surface area contributed by atoms with Crippen LogP contribution in [-0.2, 0) is 0 Å². The fourth-order valence-corrected chi connectivity index (χ4v) is 10.0. The molecule has 0 heterocycles. The van der Waals surface area contributed by atoms with Gasteiger partial charge >= 0.3 is 0 Å². The van der Waals surface area contributed by atoms with Crippen molar-refractivity contribution in [1.29, 1.82) is 0 Å². The molecule has 0 atom stereocenters. The molecule has 0 nitrogen and oxygen atoms in total. The Morgan fingerprint density at radius 3 is 1.31 bits per heavy atom. The van der Waals surface area contributed by atoms with E-state index in [4.69, 9.17) is 0 Å². The van der Waals surface area contributed by atoms with Crippen molar-refractivity contribution in [3.8, 4) is 55.6 Å². The molecule has 0 aliphatic rings. The summed E-state index contributed by atoms with van der Waals surface area (Å²) in [5.41, 5.74) is 12.5. The van der Waals surface area contributed by atoms with E-state index >= 15 is 0 Å². The van der Waals surface area contributed by atoms with Gasteiger partial charge in [-0.15, -0.1) is 0 Å². The first-order chi connectivity index (χ1) is 28.8. The Labute approximate surface area is 337 Å². The molecule has 0 bridgehead atoms. The molecule has 58 heavy (non-hydrogen) atoms. The monoisotopic (exact) mass is 732 g/mol. The zero-order chi connectivity index (χ0) is 38.2. The van der Waals surface area contributed by atoms with Crippen molar-refractivity contribution in [1.82, 2.24) is 0 Å². The second-order valence-electron chi connectivity index (χ2n) is 15.4. The fraction of sp³-hybridized carbons (Fsp3) is 0. The van der Waals surface area contributed by atoms with E-state index in [2.05, 4.69) is 218 Å². The minimum atomic E-state index is 1.22. The Morgan fingerprint density at radius 2 is 0.621 bits per heavy atom. The highest BCUT2D eigenvalue weighted by Gasteiger charge is 2.24. The van der Waals surface area contributed by atoms with Crippen LogP contribution in [0.5, 0.6) is 0 Å². The van der Waals surface area contributed by atoms with E-state index in [1.165, 1.54) is 120 Å². The summed E-state index contributed by atoms with van der Waals surface area (Å²) in [4.78, 5) is 0. The van der Waals surface area contributed by atoms with Crippen LogP contribution < -0.4 is 0 Å². The lowest BCUT2D eigenvalue weighted by Gasteiger charge is -2.24. The van der Waals surface area contributed by atoms with Crippen LogP contribution in [0, 0.1) is 0 Å². The first kappa shape index (κ1) is 32.7. The van der Waals surface area contributed by atoms with Crippen molar-refractivity contribution >= 4 is 64.6 Å². The highest BCUT2D eigenvalue weighted by atomic mass is 14.3. The predicted octanol–water partition coefficient (Wildman–Crippen LogP) is 16.4. The van der Waals surface area contributed by atoms with E-state index in [9.17, 15) is 0 Å². The zero-order valence-corrected chi connectivity index (χ0v) is 31.8. The minimum absolute atomic E-state index is 1.22. The van der Waals surface area contributed by atoms with Crippen LogP contribution in [0.15, 0.2) is 218 Å². The summed E-state index contributed by atoms with van der Waals surface area (Å²) in [6.07, 6.45) is 0. The third-order valence-electron chi connectivity index (χ3n) is 12.4. The van der Waals surface area contributed by atoms with Gasteiger partial charge in [0.05, 0.1) is 0 Å². The highest BCUT2D eigenvalue weighted by Crippen LogP contribution is 2.52. The second-order valence-corrected chi connectivity index (χ2v) is 15.4. The first-order valence-corrected chi connectivity index (χ1v) is 20.2. The maximum atomic E-state index is 2.48. The fourth-order valence-electron chi connectivity index (χ4n) is 10.0. The van der Waals surface area contributed by atoms with Crippen molar-refractivity contribution in [3.63, 3.8) is 0 Å². The Hall–Kier alpha value is -7.54. The molecular formula is C58H36. The van der Waals surface area contributed by atoms with Crippen molar-refractivity contribution in [3.05, 3.63) is 218 Å². The summed E-state index contributed by atoms with van der Waals surface area (Å²) in [7, 11) is 0. The van der Waals surface area contributed by atoms with Gasteiger partial charge in [-0.2, -0.15) is 0 Å². The molecule has 0 heteroatoms. The topological polar surface area (TPSA) is 0 Å². The van der Waals surface area contributed by atoms with Gasteiger partial charge in [0.15, 0.2) is 0 Å². The summed E-state index contributed by atoms with van der Waals surface area (Å²) in [6, 6.07) is 80.8. The van der Waals surface area contributed by atoms with Crippen LogP contribution in [0.2, 0.25) is 0 Å². The Bertz CT molecular complexity index is 3530. The molecule has 0 aromatic heterocycles. The molecule has 268 valence electrons. The highest BCUT2D eigenvalue weighted by molar-refractivity contribution is 6.41. The molecule has 0 N–H and O–H groups in total. The largest absolute Gasteiger partial charge is 0.0622 e. The summed E-state index contributed by atoms with van der Waals surface area (Å²) in [5, 5.41) is 15.5. The lowest BCUT2D eigenvalue weighted by Crippen LogP contribution is -1.96. The average Bonchev–Trinajstić information content (AvgIpc) is 3.30. The van der Waals surface area contributed by atoms with Crippen LogP contribution in [-0.4, -0.2) is 0 Å².